The van der Waals surface area contributed by atoms with Gasteiger partial charge in [0.2, 0.25) is 0 Å². The van der Waals surface area contributed by atoms with Crippen molar-refractivity contribution in [2.45, 2.75) is 19.4 Å². The summed E-state index contributed by atoms with van der Waals surface area (Å²) in [6.45, 7) is 4.81. The fourth-order valence-corrected chi connectivity index (χ4v) is 1.38. The number of benzene rings is 1. The number of ether oxygens (including phenoxy) is 1. The Balaban J connectivity index is 0.00000112. The molecule has 4 nitrogen and oxygen atoms in total. The van der Waals surface area contributed by atoms with Crippen LogP contribution in [0.4, 0.5) is 0 Å². The van der Waals surface area contributed by atoms with Gasteiger partial charge in [0.25, 0.3) is 7.28 Å². The Morgan fingerprint density at radius 3 is 2.31 bits per heavy atom. The van der Waals surface area contributed by atoms with Crippen molar-refractivity contribution in [1.29, 1.82) is 0 Å². The van der Waals surface area contributed by atoms with Gasteiger partial charge in [-0.25, -0.2) is 0 Å². The number of hydrogen-bond donors (Lipinski definition) is 0. The lowest BCUT2D eigenvalue weighted by Gasteiger charge is -2.08. The minimum absolute atomic E-state index is 0. The average Bonchev–Trinajstić information content (AvgIpc) is 2.47. The van der Waals surface area contributed by atoms with Gasteiger partial charge in [0.05, 0.1) is 5.54 Å². The van der Waals surface area contributed by atoms with Crippen molar-refractivity contribution >= 4 is 18.5 Å². The Kier molecular flexibility index (Phi) is 5.21. The van der Waals surface area contributed by atoms with Crippen molar-refractivity contribution in [2.75, 3.05) is 6.61 Å². The fourth-order valence-electron chi connectivity index (χ4n) is 1.38. The maximum absolute atomic E-state index is 5.47. The molecule has 2 rings (SSSR count). The number of nitrogens with zero attached hydrogens (tertiary/aromatic N) is 1. The highest BCUT2D eigenvalue weighted by Crippen LogP contribution is 2.15. The highest BCUT2D eigenvalue weighted by Gasteiger charge is 2.26. The Labute approximate surface area is 96.2 Å². The van der Waals surface area contributed by atoms with Gasteiger partial charge >= 0.3 is 0 Å². The standard InChI is InChI=1S/C11H13BNO.2H2O/c1-11(2)8-14-10(13-11)12-9-6-4-3-5-7-9;;/h3-7H,8H2,1-2H3;2*1H2. The van der Waals surface area contributed by atoms with Crippen LogP contribution in [0.1, 0.15) is 13.8 Å². The average molecular weight is 222 g/mol. The van der Waals surface area contributed by atoms with Crippen LogP contribution in [-0.2, 0) is 4.74 Å². The van der Waals surface area contributed by atoms with Crippen molar-refractivity contribution in [1.82, 2.24) is 0 Å². The molecular weight excluding hydrogens is 205 g/mol. The molecule has 1 aliphatic heterocycles. The van der Waals surface area contributed by atoms with Gasteiger partial charge < -0.3 is 15.7 Å². The Hall–Kier alpha value is -1.33. The SMILES string of the molecule is CC1(C)COC([B]c2ccccc2)=N1.O.O. The predicted octanol–water partition coefficient (Wildman–Crippen LogP) is -0.469. The van der Waals surface area contributed by atoms with E-state index in [0.29, 0.717) is 6.61 Å². The molecule has 0 aromatic heterocycles. The quantitative estimate of drug-likeness (QED) is 0.622. The van der Waals surface area contributed by atoms with Gasteiger partial charge in [-0.2, -0.15) is 0 Å². The van der Waals surface area contributed by atoms with Gasteiger partial charge in [-0.3, -0.25) is 4.99 Å². The first-order valence-electron chi connectivity index (χ1n) is 4.78. The topological polar surface area (TPSA) is 84.6 Å². The maximum atomic E-state index is 5.47. The van der Waals surface area contributed by atoms with Crippen molar-refractivity contribution < 1.29 is 15.7 Å². The summed E-state index contributed by atoms with van der Waals surface area (Å²) >= 11 is 0. The summed E-state index contributed by atoms with van der Waals surface area (Å²) in [5.74, 6) is 0.737. The molecule has 87 valence electrons. The smallest absolute Gasteiger partial charge is 0.266 e. The van der Waals surface area contributed by atoms with E-state index >= 15 is 0 Å². The van der Waals surface area contributed by atoms with Crippen LogP contribution < -0.4 is 5.46 Å². The van der Waals surface area contributed by atoms with E-state index in [4.69, 9.17) is 4.74 Å². The molecule has 1 heterocycles. The molecule has 1 aromatic rings. The molecule has 1 radical (unpaired) electrons. The zero-order chi connectivity index (χ0) is 10.0. The summed E-state index contributed by atoms with van der Waals surface area (Å²) in [5, 5.41) is 0. The fraction of sp³-hybridized carbons (Fsp3) is 0.364. The van der Waals surface area contributed by atoms with Gasteiger partial charge in [-0.05, 0) is 13.8 Å². The van der Waals surface area contributed by atoms with Gasteiger partial charge in [-0.1, -0.05) is 35.8 Å². The van der Waals surface area contributed by atoms with E-state index in [1.165, 1.54) is 0 Å². The first-order chi connectivity index (χ1) is 6.66. The largest absolute Gasteiger partial charge is 0.488 e. The van der Waals surface area contributed by atoms with Crippen LogP contribution in [0, 0.1) is 0 Å². The van der Waals surface area contributed by atoms with Gasteiger partial charge in [0.1, 0.15) is 12.4 Å². The molecule has 0 bridgehead atoms. The normalized spacial score (nSPS) is 16.2. The molecule has 0 spiro atoms. The second-order valence-electron chi connectivity index (χ2n) is 4.11. The van der Waals surface area contributed by atoms with E-state index in [0.717, 1.165) is 11.3 Å². The Morgan fingerprint density at radius 2 is 1.81 bits per heavy atom. The molecule has 0 amide bonds. The third kappa shape index (κ3) is 3.68. The lowest BCUT2D eigenvalue weighted by Crippen LogP contribution is -2.23. The third-order valence-electron chi connectivity index (χ3n) is 2.08. The van der Waals surface area contributed by atoms with E-state index < -0.39 is 0 Å². The van der Waals surface area contributed by atoms with Crippen molar-refractivity contribution in [3.8, 4) is 0 Å². The first kappa shape index (κ1) is 14.7. The summed E-state index contributed by atoms with van der Waals surface area (Å²) in [7, 11) is 1.97. The summed E-state index contributed by atoms with van der Waals surface area (Å²) in [4.78, 5) is 4.45. The first-order valence-corrected chi connectivity index (χ1v) is 4.78. The molecule has 0 saturated heterocycles. The number of hydrogen-bond acceptors (Lipinski definition) is 2. The monoisotopic (exact) mass is 222 g/mol. The molecule has 16 heavy (non-hydrogen) atoms. The maximum Gasteiger partial charge on any atom is 0.266 e. The third-order valence-corrected chi connectivity index (χ3v) is 2.08. The van der Waals surface area contributed by atoms with Crippen LogP contribution in [0.15, 0.2) is 35.3 Å². The summed E-state index contributed by atoms with van der Waals surface area (Å²) in [5.41, 5.74) is 1.06. The van der Waals surface area contributed by atoms with Crippen molar-refractivity contribution in [3.05, 3.63) is 30.3 Å². The Bertz CT molecular complexity index is 352. The minimum Gasteiger partial charge on any atom is -0.488 e. The van der Waals surface area contributed by atoms with Gasteiger partial charge in [0.15, 0.2) is 0 Å². The molecule has 0 unspecified atom stereocenters. The zero-order valence-corrected chi connectivity index (χ0v) is 9.53. The van der Waals surface area contributed by atoms with Crippen LogP contribution in [0.25, 0.3) is 0 Å². The van der Waals surface area contributed by atoms with Crippen molar-refractivity contribution in [2.24, 2.45) is 4.99 Å². The van der Waals surface area contributed by atoms with Crippen LogP contribution in [0.5, 0.6) is 0 Å². The molecule has 1 aliphatic rings. The Morgan fingerprint density at radius 1 is 1.19 bits per heavy atom. The van der Waals surface area contributed by atoms with Crippen LogP contribution in [-0.4, -0.2) is 36.2 Å². The summed E-state index contributed by atoms with van der Waals surface area (Å²) in [6, 6.07) is 10.1. The molecule has 0 aliphatic carbocycles. The van der Waals surface area contributed by atoms with Gasteiger partial charge in [0, 0.05) is 0 Å². The second-order valence-corrected chi connectivity index (χ2v) is 4.11. The highest BCUT2D eigenvalue weighted by molar-refractivity contribution is 6.83. The van der Waals surface area contributed by atoms with E-state index in [2.05, 4.69) is 18.8 Å². The number of aliphatic imine (C=N–C) groups is 1. The van der Waals surface area contributed by atoms with Crippen LogP contribution in [0.2, 0.25) is 0 Å². The zero-order valence-electron chi connectivity index (χ0n) is 9.53. The molecule has 4 N–H and O–H groups in total. The molecule has 5 heteroatoms. The molecule has 0 saturated carbocycles. The van der Waals surface area contributed by atoms with Gasteiger partial charge in [-0.15, -0.1) is 0 Å². The molecule has 0 atom stereocenters. The predicted molar refractivity (Wildman–Crippen MR) is 66.5 cm³/mol. The van der Waals surface area contributed by atoms with E-state index in [1.54, 1.807) is 0 Å². The molecular formula is C11H17BNO3. The summed E-state index contributed by atoms with van der Waals surface area (Å²) < 4.78 is 5.47. The molecule has 0 fully saturated rings. The highest BCUT2D eigenvalue weighted by atomic mass is 16.5. The van der Waals surface area contributed by atoms with E-state index in [9.17, 15) is 0 Å². The van der Waals surface area contributed by atoms with E-state index in [1.807, 2.05) is 37.6 Å². The lowest BCUT2D eigenvalue weighted by atomic mass is 9.70. The summed E-state index contributed by atoms with van der Waals surface area (Å²) in [6.07, 6.45) is 0. The minimum atomic E-state index is -0.0688. The van der Waals surface area contributed by atoms with E-state index in [-0.39, 0.29) is 16.5 Å². The molecule has 1 aromatic carbocycles. The van der Waals surface area contributed by atoms with Crippen LogP contribution >= 0.6 is 0 Å². The van der Waals surface area contributed by atoms with Crippen LogP contribution in [0.3, 0.4) is 0 Å². The second kappa shape index (κ2) is 5.68. The van der Waals surface area contributed by atoms with Crippen molar-refractivity contribution in [3.63, 3.8) is 0 Å². The lowest BCUT2D eigenvalue weighted by molar-refractivity contribution is 0.283. The number of rotatable bonds is 2.